The van der Waals surface area contributed by atoms with Crippen molar-refractivity contribution in [2.75, 3.05) is 5.32 Å². The van der Waals surface area contributed by atoms with Crippen molar-refractivity contribution < 1.29 is 22.0 Å². The Labute approximate surface area is 203 Å². The first-order chi connectivity index (χ1) is 16.7. The van der Waals surface area contributed by atoms with Gasteiger partial charge in [-0.15, -0.1) is 11.8 Å². The first-order valence-corrected chi connectivity index (χ1v) is 12.2. The zero-order valence-electron chi connectivity index (χ0n) is 18.9. The lowest BCUT2D eigenvalue weighted by atomic mass is 10.0. The van der Waals surface area contributed by atoms with Gasteiger partial charge in [0.25, 0.3) is 0 Å². The highest BCUT2D eigenvalue weighted by molar-refractivity contribution is 8.00. The van der Waals surface area contributed by atoms with Crippen LogP contribution in [0.2, 0.25) is 0 Å². The molecule has 5 rings (SSSR count). The molecule has 4 nitrogen and oxygen atoms in total. The van der Waals surface area contributed by atoms with Crippen LogP contribution in [0.3, 0.4) is 0 Å². The molecule has 0 amide bonds. The van der Waals surface area contributed by atoms with Crippen LogP contribution in [0.15, 0.2) is 46.4 Å². The topological polar surface area (TPSA) is 50.2 Å². The zero-order valence-corrected chi connectivity index (χ0v) is 19.7. The normalized spacial score (nSPS) is 18.9. The maximum Gasteiger partial charge on any atom is 0.417 e. The molecule has 2 aliphatic rings. The van der Waals surface area contributed by atoms with Crippen molar-refractivity contribution in [2.24, 2.45) is 4.99 Å². The minimum Gasteiger partial charge on any atom is -0.324 e. The maximum atomic E-state index is 14.6. The molecule has 35 heavy (non-hydrogen) atoms. The third-order valence-corrected chi connectivity index (χ3v) is 7.59. The van der Waals surface area contributed by atoms with Gasteiger partial charge in [-0.3, -0.25) is 4.99 Å². The molecule has 2 aliphatic heterocycles. The van der Waals surface area contributed by atoms with Gasteiger partial charge in [0, 0.05) is 33.6 Å². The number of fused-ring (bicyclic) bond motifs is 2. The summed E-state index contributed by atoms with van der Waals surface area (Å²) in [6.45, 7) is 3.87. The molecular weight excluding hydrogens is 483 g/mol. The van der Waals surface area contributed by atoms with Crippen molar-refractivity contribution in [1.82, 2.24) is 9.97 Å². The van der Waals surface area contributed by atoms with Crippen molar-refractivity contribution in [1.29, 1.82) is 0 Å². The number of amidine groups is 1. The van der Waals surface area contributed by atoms with Crippen LogP contribution in [-0.2, 0) is 12.6 Å². The molecule has 2 aromatic carbocycles. The molecule has 182 valence electrons. The summed E-state index contributed by atoms with van der Waals surface area (Å²) < 4.78 is 69.8. The molecule has 3 heterocycles. The Kier molecular flexibility index (Phi) is 6.03. The number of thioether (sulfide) groups is 1. The number of alkyl halides is 3. The predicted molar refractivity (Wildman–Crippen MR) is 126 cm³/mol. The van der Waals surface area contributed by atoms with Crippen molar-refractivity contribution in [3.8, 4) is 11.4 Å². The number of benzene rings is 2. The highest BCUT2D eigenvalue weighted by Gasteiger charge is 2.36. The summed E-state index contributed by atoms with van der Waals surface area (Å²) in [5, 5.41) is 3.89. The lowest BCUT2D eigenvalue weighted by Crippen LogP contribution is -2.16. The molecule has 0 saturated heterocycles. The van der Waals surface area contributed by atoms with Crippen molar-refractivity contribution in [2.45, 2.75) is 55.6 Å². The van der Waals surface area contributed by atoms with Gasteiger partial charge in [-0.2, -0.15) is 13.2 Å². The van der Waals surface area contributed by atoms with Gasteiger partial charge in [-0.05, 0) is 31.4 Å². The number of anilines is 1. The maximum absolute atomic E-state index is 14.6. The Hall–Kier alpha value is -3.01. The Bertz CT molecular complexity index is 1340. The number of nitrogens with one attached hydrogen (secondary N) is 1. The van der Waals surface area contributed by atoms with E-state index in [-0.39, 0.29) is 28.0 Å². The summed E-state index contributed by atoms with van der Waals surface area (Å²) >= 11 is 1.49. The number of nitrogens with zero attached hydrogens (tertiary/aromatic N) is 3. The van der Waals surface area contributed by atoms with Gasteiger partial charge in [0.2, 0.25) is 0 Å². The van der Waals surface area contributed by atoms with E-state index in [0.717, 1.165) is 24.1 Å². The van der Waals surface area contributed by atoms with Gasteiger partial charge >= 0.3 is 6.18 Å². The molecule has 10 heteroatoms. The van der Waals surface area contributed by atoms with Gasteiger partial charge in [0.15, 0.2) is 5.82 Å². The lowest BCUT2D eigenvalue weighted by Gasteiger charge is -2.15. The van der Waals surface area contributed by atoms with E-state index in [2.05, 4.69) is 20.3 Å². The number of aliphatic imine (C=N–C) groups is 1. The molecule has 2 atom stereocenters. The van der Waals surface area contributed by atoms with E-state index in [1.807, 2.05) is 13.8 Å². The van der Waals surface area contributed by atoms with Crippen LogP contribution < -0.4 is 5.32 Å². The Balaban J connectivity index is 1.63. The van der Waals surface area contributed by atoms with Gasteiger partial charge in [-0.25, -0.2) is 18.7 Å². The van der Waals surface area contributed by atoms with Crippen LogP contribution in [0.25, 0.3) is 11.4 Å². The first kappa shape index (κ1) is 23.7. The van der Waals surface area contributed by atoms with Crippen LogP contribution in [0.5, 0.6) is 0 Å². The molecule has 1 N–H and O–H groups in total. The zero-order chi connectivity index (χ0) is 24.9. The average molecular weight is 505 g/mol. The second-order valence-corrected chi connectivity index (χ2v) is 9.74. The number of rotatable bonds is 4. The smallest absolute Gasteiger partial charge is 0.324 e. The molecule has 2 unspecified atom stereocenters. The van der Waals surface area contributed by atoms with Gasteiger partial charge in [-0.1, -0.05) is 32.0 Å². The van der Waals surface area contributed by atoms with E-state index < -0.39 is 29.4 Å². The fourth-order valence-electron chi connectivity index (χ4n) is 4.47. The quantitative estimate of drug-likeness (QED) is 0.302. The highest BCUT2D eigenvalue weighted by atomic mass is 32.2. The van der Waals surface area contributed by atoms with Crippen LogP contribution in [0, 0.1) is 11.6 Å². The molecule has 0 aliphatic carbocycles. The first-order valence-electron chi connectivity index (χ1n) is 11.3. The van der Waals surface area contributed by atoms with E-state index >= 15 is 0 Å². The van der Waals surface area contributed by atoms with Gasteiger partial charge in [0.05, 0.1) is 11.6 Å². The third kappa shape index (κ3) is 4.28. The van der Waals surface area contributed by atoms with Crippen LogP contribution in [0.4, 0.5) is 27.8 Å². The minimum atomic E-state index is -4.58. The summed E-state index contributed by atoms with van der Waals surface area (Å²) in [7, 11) is 0. The van der Waals surface area contributed by atoms with E-state index in [1.165, 1.54) is 36.0 Å². The summed E-state index contributed by atoms with van der Waals surface area (Å²) in [4.78, 5) is 13.5. The third-order valence-electron chi connectivity index (χ3n) is 6.20. The number of aromatic nitrogens is 2. The van der Waals surface area contributed by atoms with E-state index in [4.69, 9.17) is 0 Å². The second-order valence-electron chi connectivity index (χ2n) is 8.45. The minimum absolute atomic E-state index is 0.0697. The lowest BCUT2D eigenvalue weighted by molar-refractivity contribution is -0.137. The van der Waals surface area contributed by atoms with E-state index in [1.54, 1.807) is 0 Å². The van der Waals surface area contributed by atoms with Gasteiger partial charge in [0.1, 0.15) is 28.3 Å². The average Bonchev–Trinajstić information content (AvgIpc) is 3.40. The molecule has 0 saturated carbocycles. The fraction of sp³-hybridized carbons (Fsp3) is 0.320. The fourth-order valence-corrected chi connectivity index (χ4v) is 5.66. The molecule has 0 fully saturated rings. The monoisotopic (exact) mass is 504 g/mol. The summed E-state index contributed by atoms with van der Waals surface area (Å²) in [5.41, 5.74) is 0.377. The summed E-state index contributed by atoms with van der Waals surface area (Å²) in [5.74, 6) is -0.939. The molecule has 3 aromatic rings. The van der Waals surface area contributed by atoms with Crippen LogP contribution >= 0.6 is 11.8 Å². The molecular formula is C25H21F5N4S. The van der Waals surface area contributed by atoms with Crippen molar-refractivity contribution in [3.63, 3.8) is 0 Å². The molecule has 1 aromatic heterocycles. The SMILES string of the molecule is CCC1Cc2c(NC3=NC(CC)c4c(F)cc(F)cc43)nc(-c3ccccc3C(F)(F)F)nc2S1. The summed E-state index contributed by atoms with van der Waals surface area (Å²) in [6, 6.07) is 6.71. The summed E-state index contributed by atoms with van der Waals surface area (Å²) in [6.07, 6.45) is -2.62. The molecule has 0 bridgehead atoms. The van der Waals surface area contributed by atoms with Gasteiger partial charge < -0.3 is 5.32 Å². The Morgan fingerprint density at radius 2 is 1.80 bits per heavy atom. The molecule has 0 radical (unpaired) electrons. The second kappa shape index (κ2) is 8.89. The van der Waals surface area contributed by atoms with E-state index in [0.29, 0.717) is 29.2 Å². The van der Waals surface area contributed by atoms with Crippen LogP contribution in [-0.4, -0.2) is 21.1 Å². The Morgan fingerprint density at radius 3 is 2.51 bits per heavy atom. The number of hydrogen-bond acceptors (Lipinski definition) is 5. The van der Waals surface area contributed by atoms with Crippen molar-refractivity contribution in [3.05, 3.63) is 70.3 Å². The standard InChI is InChI=1S/C25H21F5N4S/c1-3-13-11-16-23(33-22-15-9-12(26)10-18(27)20(15)19(4-2)31-22)32-21(34-24(16)35-13)14-7-5-6-8-17(14)25(28,29)30/h5-10,13,19H,3-4,11H2,1-2H3,(H,31,32,33,34). The Morgan fingerprint density at radius 1 is 1.03 bits per heavy atom. The number of hydrogen-bond donors (Lipinski definition) is 1. The highest BCUT2D eigenvalue weighted by Crippen LogP contribution is 2.44. The number of halogens is 5. The van der Waals surface area contributed by atoms with Crippen molar-refractivity contribution >= 4 is 23.4 Å². The van der Waals surface area contributed by atoms with E-state index in [9.17, 15) is 22.0 Å². The van der Waals surface area contributed by atoms with Crippen LogP contribution in [0.1, 0.15) is 55.0 Å². The predicted octanol–water partition coefficient (Wildman–Crippen LogP) is 7.19. The molecule has 0 spiro atoms. The largest absolute Gasteiger partial charge is 0.417 e.